The fraction of sp³-hybridized carbons (Fsp3) is 0.545. The minimum absolute atomic E-state index is 0.0736. The van der Waals surface area contributed by atoms with Crippen LogP contribution in [0, 0.1) is 5.41 Å². The Kier molecular flexibility index (Phi) is 2.46. The van der Waals surface area contributed by atoms with Crippen LogP contribution in [-0.2, 0) is 4.74 Å². The molecule has 0 bridgehead atoms. The molecule has 2 aromatic heterocycles. The van der Waals surface area contributed by atoms with Crippen LogP contribution in [0.15, 0.2) is 17.4 Å². The Bertz CT molecular complexity index is 634. The first kappa shape index (κ1) is 11.4. The van der Waals surface area contributed by atoms with E-state index in [0.29, 0.717) is 24.2 Å². The topological polar surface area (TPSA) is 93.0 Å². The molecule has 2 aromatic rings. The molecule has 1 fully saturated rings. The SMILES string of the molecule is C[C@@]1(CO)CO[C@@H](n2cnc3c(=O)[nH]cnc32)C1. The van der Waals surface area contributed by atoms with E-state index >= 15 is 0 Å². The summed E-state index contributed by atoms with van der Waals surface area (Å²) in [7, 11) is 0. The van der Waals surface area contributed by atoms with Crippen LogP contribution in [0.5, 0.6) is 0 Å². The van der Waals surface area contributed by atoms with Gasteiger partial charge in [0, 0.05) is 11.8 Å². The van der Waals surface area contributed by atoms with Crippen molar-refractivity contribution in [1.29, 1.82) is 0 Å². The molecule has 2 N–H and O–H groups in total. The average Bonchev–Trinajstić information content (AvgIpc) is 2.94. The lowest BCUT2D eigenvalue weighted by molar-refractivity contribution is 0.0464. The number of H-pyrrole nitrogens is 1. The van der Waals surface area contributed by atoms with Gasteiger partial charge >= 0.3 is 0 Å². The number of aromatic nitrogens is 4. The van der Waals surface area contributed by atoms with Crippen molar-refractivity contribution in [1.82, 2.24) is 19.5 Å². The van der Waals surface area contributed by atoms with Gasteiger partial charge in [-0.3, -0.25) is 9.36 Å². The summed E-state index contributed by atoms with van der Waals surface area (Å²) >= 11 is 0. The number of aromatic amines is 1. The normalized spacial score (nSPS) is 28.0. The highest BCUT2D eigenvalue weighted by Gasteiger charge is 2.37. The van der Waals surface area contributed by atoms with Gasteiger partial charge in [0.05, 0.1) is 25.9 Å². The number of nitrogens with zero attached hydrogens (tertiary/aromatic N) is 3. The molecule has 0 saturated carbocycles. The quantitative estimate of drug-likeness (QED) is 0.784. The van der Waals surface area contributed by atoms with Gasteiger partial charge in [0.15, 0.2) is 11.2 Å². The van der Waals surface area contributed by atoms with Crippen LogP contribution in [0.2, 0.25) is 0 Å². The van der Waals surface area contributed by atoms with Crippen LogP contribution in [0.1, 0.15) is 19.6 Å². The van der Waals surface area contributed by atoms with Gasteiger partial charge in [0.25, 0.3) is 5.56 Å². The van der Waals surface area contributed by atoms with Crippen LogP contribution in [0.4, 0.5) is 0 Å². The molecule has 2 atom stereocenters. The van der Waals surface area contributed by atoms with Crippen LogP contribution in [0.25, 0.3) is 11.2 Å². The molecule has 7 nitrogen and oxygen atoms in total. The molecular weight excluding hydrogens is 236 g/mol. The largest absolute Gasteiger partial charge is 0.396 e. The average molecular weight is 250 g/mol. The molecule has 18 heavy (non-hydrogen) atoms. The van der Waals surface area contributed by atoms with Crippen molar-refractivity contribution < 1.29 is 9.84 Å². The number of hydrogen-bond donors (Lipinski definition) is 2. The molecular formula is C11H14N4O3. The van der Waals surface area contributed by atoms with E-state index in [4.69, 9.17) is 4.74 Å². The Morgan fingerprint density at radius 3 is 3.22 bits per heavy atom. The van der Waals surface area contributed by atoms with Gasteiger partial charge in [0.2, 0.25) is 0 Å². The number of hydrogen-bond acceptors (Lipinski definition) is 5. The Balaban J connectivity index is 2.02. The van der Waals surface area contributed by atoms with Crippen molar-refractivity contribution in [3.8, 4) is 0 Å². The van der Waals surface area contributed by atoms with E-state index in [1.807, 2.05) is 6.92 Å². The second-order valence-corrected chi connectivity index (χ2v) is 4.99. The molecule has 0 radical (unpaired) electrons. The molecule has 1 aliphatic heterocycles. The Hall–Kier alpha value is -1.73. The zero-order valence-corrected chi connectivity index (χ0v) is 9.96. The summed E-state index contributed by atoms with van der Waals surface area (Å²) in [6.07, 6.45) is 3.34. The highest BCUT2D eigenvalue weighted by molar-refractivity contribution is 5.68. The van der Waals surface area contributed by atoms with Crippen molar-refractivity contribution in [3.63, 3.8) is 0 Å². The van der Waals surface area contributed by atoms with E-state index in [1.54, 1.807) is 10.9 Å². The van der Waals surface area contributed by atoms with Crippen molar-refractivity contribution in [2.45, 2.75) is 19.6 Å². The minimum Gasteiger partial charge on any atom is -0.396 e. The Labute approximate surface area is 102 Å². The van der Waals surface area contributed by atoms with Gasteiger partial charge in [-0.1, -0.05) is 6.92 Å². The molecule has 1 saturated heterocycles. The van der Waals surface area contributed by atoms with Gasteiger partial charge in [0.1, 0.15) is 6.23 Å². The predicted molar refractivity (Wildman–Crippen MR) is 62.9 cm³/mol. The Morgan fingerprint density at radius 2 is 2.50 bits per heavy atom. The standard InChI is InChI=1S/C11H14N4O3/c1-11(3-16)2-7(18-4-11)15-6-14-8-9(15)12-5-13-10(8)17/h5-7,16H,2-4H2,1H3,(H,12,13,17)/t7-,11-/m1/s1. The van der Waals surface area contributed by atoms with Crippen LogP contribution >= 0.6 is 0 Å². The van der Waals surface area contributed by atoms with E-state index in [1.165, 1.54) is 6.33 Å². The van der Waals surface area contributed by atoms with Crippen LogP contribution < -0.4 is 5.56 Å². The zero-order chi connectivity index (χ0) is 12.8. The third-order valence-corrected chi connectivity index (χ3v) is 3.35. The molecule has 7 heteroatoms. The number of fused-ring (bicyclic) bond motifs is 1. The van der Waals surface area contributed by atoms with E-state index in [-0.39, 0.29) is 23.8 Å². The number of rotatable bonds is 2. The summed E-state index contributed by atoms with van der Waals surface area (Å²) in [6, 6.07) is 0. The van der Waals surface area contributed by atoms with E-state index in [2.05, 4.69) is 15.0 Å². The summed E-state index contributed by atoms with van der Waals surface area (Å²) < 4.78 is 7.40. The monoisotopic (exact) mass is 250 g/mol. The highest BCUT2D eigenvalue weighted by atomic mass is 16.5. The molecule has 0 aliphatic carbocycles. The maximum absolute atomic E-state index is 11.5. The molecule has 0 spiro atoms. The van der Waals surface area contributed by atoms with Crippen LogP contribution in [-0.4, -0.2) is 37.8 Å². The lowest BCUT2D eigenvalue weighted by Gasteiger charge is -2.17. The van der Waals surface area contributed by atoms with Gasteiger partial charge < -0.3 is 14.8 Å². The van der Waals surface area contributed by atoms with Crippen molar-refractivity contribution >= 4 is 11.2 Å². The molecule has 3 rings (SSSR count). The fourth-order valence-electron chi connectivity index (χ4n) is 2.20. The highest BCUT2D eigenvalue weighted by Crippen LogP contribution is 2.37. The van der Waals surface area contributed by atoms with Gasteiger partial charge in [-0.2, -0.15) is 0 Å². The van der Waals surface area contributed by atoms with Gasteiger partial charge in [-0.25, -0.2) is 9.97 Å². The number of nitrogens with one attached hydrogen (secondary N) is 1. The number of ether oxygens (including phenoxy) is 1. The van der Waals surface area contributed by atoms with Gasteiger partial charge in [-0.05, 0) is 0 Å². The summed E-state index contributed by atoms with van der Waals surface area (Å²) in [4.78, 5) is 22.2. The maximum Gasteiger partial charge on any atom is 0.278 e. The number of imidazole rings is 1. The number of aliphatic hydroxyl groups is 1. The summed E-state index contributed by atoms with van der Waals surface area (Å²) in [5.41, 5.74) is 0.300. The predicted octanol–water partition coefficient (Wildman–Crippen LogP) is 0.0371. The van der Waals surface area contributed by atoms with E-state index in [9.17, 15) is 9.90 Å². The second-order valence-electron chi connectivity index (χ2n) is 4.99. The van der Waals surface area contributed by atoms with Crippen LogP contribution in [0.3, 0.4) is 0 Å². The lowest BCUT2D eigenvalue weighted by atomic mass is 9.90. The summed E-state index contributed by atoms with van der Waals surface area (Å²) in [6.45, 7) is 2.52. The first-order valence-corrected chi connectivity index (χ1v) is 5.76. The molecule has 0 amide bonds. The second kappa shape index (κ2) is 3.89. The Morgan fingerprint density at radius 1 is 1.67 bits per heavy atom. The zero-order valence-electron chi connectivity index (χ0n) is 9.96. The first-order chi connectivity index (χ1) is 8.63. The summed E-state index contributed by atoms with van der Waals surface area (Å²) in [5.74, 6) is 0. The van der Waals surface area contributed by atoms with Gasteiger partial charge in [-0.15, -0.1) is 0 Å². The summed E-state index contributed by atoms with van der Waals surface area (Å²) in [5, 5.41) is 9.32. The third kappa shape index (κ3) is 1.63. The molecule has 3 heterocycles. The lowest BCUT2D eigenvalue weighted by Crippen LogP contribution is -2.21. The minimum atomic E-state index is -0.262. The number of aliphatic hydroxyl groups excluding tert-OH is 1. The molecule has 0 aromatic carbocycles. The van der Waals surface area contributed by atoms with E-state index < -0.39 is 0 Å². The third-order valence-electron chi connectivity index (χ3n) is 3.35. The first-order valence-electron chi connectivity index (χ1n) is 5.76. The van der Waals surface area contributed by atoms with E-state index in [0.717, 1.165) is 0 Å². The van der Waals surface area contributed by atoms with Crippen molar-refractivity contribution in [2.24, 2.45) is 5.41 Å². The van der Waals surface area contributed by atoms with Crippen molar-refractivity contribution in [3.05, 3.63) is 23.0 Å². The maximum atomic E-state index is 11.5. The van der Waals surface area contributed by atoms with Crippen molar-refractivity contribution in [2.75, 3.05) is 13.2 Å². The molecule has 1 aliphatic rings. The smallest absolute Gasteiger partial charge is 0.278 e. The molecule has 96 valence electrons. The fourth-order valence-corrected chi connectivity index (χ4v) is 2.20. The molecule has 0 unspecified atom stereocenters.